The number of benzene rings is 1. The van der Waals surface area contributed by atoms with Gasteiger partial charge in [0.15, 0.2) is 0 Å². The Morgan fingerprint density at radius 3 is 2.79 bits per heavy atom. The Morgan fingerprint density at radius 2 is 2.21 bits per heavy atom. The first-order valence-corrected chi connectivity index (χ1v) is 4.68. The number of nitro groups is 1. The molecule has 4 nitrogen and oxygen atoms in total. The van der Waals surface area contributed by atoms with Crippen LogP contribution in [0.15, 0.2) is 18.2 Å². The van der Waals surface area contributed by atoms with Crippen LogP contribution < -0.4 is 5.73 Å². The van der Waals surface area contributed by atoms with Gasteiger partial charge in [-0.2, -0.15) is 0 Å². The fraction of sp³-hybridized carbons (Fsp3) is 0.400. The Bertz CT molecular complexity index is 337. The fourth-order valence-electron chi connectivity index (χ4n) is 1.39. The average molecular weight is 194 g/mol. The van der Waals surface area contributed by atoms with Gasteiger partial charge in [0.25, 0.3) is 5.69 Å². The van der Waals surface area contributed by atoms with Crippen LogP contribution in [-0.2, 0) is 6.42 Å². The zero-order valence-electron chi connectivity index (χ0n) is 8.19. The first-order valence-electron chi connectivity index (χ1n) is 4.68. The molecule has 4 heteroatoms. The first kappa shape index (κ1) is 10.5. The third kappa shape index (κ3) is 2.22. The largest absolute Gasteiger partial charge is 0.398 e. The highest BCUT2D eigenvalue weighted by atomic mass is 16.6. The topological polar surface area (TPSA) is 69.2 Å². The van der Waals surface area contributed by atoms with Crippen molar-refractivity contribution >= 4 is 11.4 Å². The normalized spacial score (nSPS) is 10.1. The van der Waals surface area contributed by atoms with Crippen LogP contribution in [0.4, 0.5) is 11.4 Å². The number of anilines is 1. The summed E-state index contributed by atoms with van der Waals surface area (Å²) in [6.45, 7) is 2.05. The molecule has 76 valence electrons. The molecule has 0 bridgehead atoms. The summed E-state index contributed by atoms with van der Waals surface area (Å²) in [5, 5.41) is 10.7. The van der Waals surface area contributed by atoms with Crippen LogP contribution in [0.3, 0.4) is 0 Å². The SMILES string of the molecule is CCCCc1c(N)cccc1[N+](=O)[O-]. The lowest BCUT2D eigenvalue weighted by atomic mass is 10.0. The third-order valence-electron chi connectivity index (χ3n) is 2.16. The molecule has 0 saturated heterocycles. The van der Waals surface area contributed by atoms with Crippen molar-refractivity contribution in [2.45, 2.75) is 26.2 Å². The van der Waals surface area contributed by atoms with Crippen LogP contribution in [0.2, 0.25) is 0 Å². The summed E-state index contributed by atoms with van der Waals surface area (Å²) >= 11 is 0. The van der Waals surface area contributed by atoms with Crippen LogP contribution in [-0.4, -0.2) is 4.92 Å². The minimum absolute atomic E-state index is 0.137. The van der Waals surface area contributed by atoms with Gasteiger partial charge in [0, 0.05) is 11.8 Å². The first-order chi connectivity index (χ1) is 6.66. The molecular formula is C10H14N2O2. The van der Waals surface area contributed by atoms with Gasteiger partial charge < -0.3 is 5.73 Å². The summed E-state index contributed by atoms with van der Waals surface area (Å²) in [5.74, 6) is 0. The van der Waals surface area contributed by atoms with E-state index in [0.717, 1.165) is 12.8 Å². The van der Waals surface area contributed by atoms with Crippen LogP contribution in [0.5, 0.6) is 0 Å². The molecule has 0 saturated carbocycles. The standard InChI is InChI=1S/C10H14N2O2/c1-2-3-5-8-9(11)6-4-7-10(8)12(13)14/h4,6-7H,2-3,5,11H2,1H3. The van der Waals surface area contributed by atoms with E-state index in [1.165, 1.54) is 6.07 Å². The number of nitro benzene ring substituents is 1. The molecule has 0 radical (unpaired) electrons. The lowest BCUT2D eigenvalue weighted by Gasteiger charge is -2.04. The Hall–Kier alpha value is -1.58. The van der Waals surface area contributed by atoms with E-state index in [2.05, 4.69) is 0 Å². The Labute approximate surface area is 82.9 Å². The Morgan fingerprint density at radius 1 is 1.50 bits per heavy atom. The van der Waals surface area contributed by atoms with Crippen LogP contribution in [0.25, 0.3) is 0 Å². The summed E-state index contributed by atoms with van der Waals surface area (Å²) in [5.41, 5.74) is 7.02. The van der Waals surface area contributed by atoms with Crippen molar-refractivity contribution in [2.24, 2.45) is 0 Å². The minimum atomic E-state index is -0.374. The second-order valence-electron chi connectivity index (χ2n) is 3.21. The van der Waals surface area contributed by atoms with E-state index in [0.29, 0.717) is 17.7 Å². The van der Waals surface area contributed by atoms with E-state index in [4.69, 9.17) is 5.73 Å². The molecule has 0 unspecified atom stereocenters. The van der Waals surface area contributed by atoms with Gasteiger partial charge in [-0.3, -0.25) is 10.1 Å². The van der Waals surface area contributed by atoms with Crippen molar-refractivity contribution in [1.82, 2.24) is 0 Å². The molecule has 0 spiro atoms. The number of unbranched alkanes of at least 4 members (excludes halogenated alkanes) is 1. The van der Waals surface area contributed by atoms with Crippen molar-refractivity contribution in [3.8, 4) is 0 Å². The summed E-state index contributed by atoms with van der Waals surface area (Å²) < 4.78 is 0. The average Bonchev–Trinajstić information content (AvgIpc) is 2.15. The molecule has 0 aliphatic rings. The molecule has 0 fully saturated rings. The fourth-order valence-corrected chi connectivity index (χ4v) is 1.39. The molecule has 1 aromatic carbocycles. The number of nitrogens with two attached hydrogens (primary N) is 1. The number of hydrogen-bond acceptors (Lipinski definition) is 3. The number of nitrogen functional groups attached to an aromatic ring is 1. The third-order valence-corrected chi connectivity index (χ3v) is 2.16. The van der Waals surface area contributed by atoms with E-state index in [1.54, 1.807) is 12.1 Å². The zero-order chi connectivity index (χ0) is 10.6. The van der Waals surface area contributed by atoms with E-state index < -0.39 is 0 Å². The van der Waals surface area contributed by atoms with Gasteiger partial charge in [-0.1, -0.05) is 19.4 Å². The molecule has 0 aliphatic carbocycles. The highest BCUT2D eigenvalue weighted by Crippen LogP contribution is 2.25. The van der Waals surface area contributed by atoms with Gasteiger partial charge in [-0.05, 0) is 18.9 Å². The van der Waals surface area contributed by atoms with Crippen molar-refractivity contribution in [3.05, 3.63) is 33.9 Å². The van der Waals surface area contributed by atoms with Crippen molar-refractivity contribution < 1.29 is 4.92 Å². The van der Waals surface area contributed by atoms with Crippen LogP contribution >= 0.6 is 0 Å². The Balaban J connectivity index is 3.02. The zero-order valence-corrected chi connectivity index (χ0v) is 8.19. The lowest BCUT2D eigenvalue weighted by Crippen LogP contribution is -2.00. The van der Waals surface area contributed by atoms with Crippen LogP contribution in [0, 0.1) is 10.1 Å². The number of hydrogen-bond donors (Lipinski definition) is 1. The van der Waals surface area contributed by atoms with E-state index in [9.17, 15) is 10.1 Å². The summed E-state index contributed by atoms with van der Waals surface area (Å²) in [4.78, 5) is 10.3. The highest BCUT2D eigenvalue weighted by Gasteiger charge is 2.14. The predicted octanol–water partition coefficient (Wildman–Crippen LogP) is 2.52. The van der Waals surface area contributed by atoms with E-state index in [-0.39, 0.29) is 10.6 Å². The smallest absolute Gasteiger partial charge is 0.274 e. The number of nitrogens with zero attached hydrogens (tertiary/aromatic N) is 1. The Kier molecular flexibility index (Phi) is 3.45. The lowest BCUT2D eigenvalue weighted by molar-refractivity contribution is -0.385. The molecule has 0 amide bonds. The molecule has 0 aromatic heterocycles. The molecule has 0 aliphatic heterocycles. The molecule has 0 heterocycles. The van der Waals surface area contributed by atoms with E-state index >= 15 is 0 Å². The molecule has 14 heavy (non-hydrogen) atoms. The second kappa shape index (κ2) is 4.60. The van der Waals surface area contributed by atoms with Crippen molar-refractivity contribution in [3.63, 3.8) is 0 Å². The monoisotopic (exact) mass is 194 g/mol. The van der Waals surface area contributed by atoms with Crippen molar-refractivity contribution in [2.75, 3.05) is 5.73 Å². The minimum Gasteiger partial charge on any atom is -0.398 e. The maximum absolute atomic E-state index is 10.7. The summed E-state index contributed by atoms with van der Waals surface area (Å²) in [6, 6.07) is 4.82. The van der Waals surface area contributed by atoms with E-state index in [1.807, 2.05) is 6.92 Å². The van der Waals surface area contributed by atoms with Crippen molar-refractivity contribution in [1.29, 1.82) is 0 Å². The van der Waals surface area contributed by atoms with Gasteiger partial charge in [0.2, 0.25) is 0 Å². The quantitative estimate of drug-likeness (QED) is 0.455. The van der Waals surface area contributed by atoms with Gasteiger partial charge in [-0.15, -0.1) is 0 Å². The molecule has 1 rings (SSSR count). The van der Waals surface area contributed by atoms with Gasteiger partial charge in [0.1, 0.15) is 0 Å². The van der Waals surface area contributed by atoms with Crippen LogP contribution in [0.1, 0.15) is 25.3 Å². The van der Waals surface area contributed by atoms with Gasteiger partial charge >= 0.3 is 0 Å². The molecular weight excluding hydrogens is 180 g/mol. The van der Waals surface area contributed by atoms with Gasteiger partial charge in [-0.25, -0.2) is 0 Å². The molecule has 0 atom stereocenters. The predicted molar refractivity (Wildman–Crippen MR) is 56.1 cm³/mol. The maximum Gasteiger partial charge on any atom is 0.274 e. The number of rotatable bonds is 4. The highest BCUT2D eigenvalue weighted by molar-refractivity contribution is 5.57. The second-order valence-corrected chi connectivity index (χ2v) is 3.21. The molecule has 1 aromatic rings. The molecule has 2 N–H and O–H groups in total. The summed E-state index contributed by atoms with van der Waals surface area (Å²) in [6.07, 6.45) is 2.61. The maximum atomic E-state index is 10.7. The van der Waals surface area contributed by atoms with Gasteiger partial charge in [0.05, 0.1) is 10.5 Å². The summed E-state index contributed by atoms with van der Waals surface area (Å²) in [7, 11) is 0.